The lowest BCUT2D eigenvalue weighted by atomic mass is 10.1. The van der Waals surface area contributed by atoms with Crippen molar-refractivity contribution in [1.82, 2.24) is 9.97 Å². The summed E-state index contributed by atoms with van der Waals surface area (Å²) < 4.78 is 0. The Bertz CT molecular complexity index is 635. The van der Waals surface area contributed by atoms with Gasteiger partial charge in [-0.05, 0) is 18.4 Å². The molecular formula is C19H27N5. The summed E-state index contributed by atoms with van der Waals surface area (Å²) in [4.78, 5) is 10.8. The van der Waals surface area contributed by atoms with Gasteiger partial charge < -0.3 is 16.0 Å². The SMILES string of the molecule is CN(Cc1ccccc1)c1ncnc(NC2CCCCCC2)c1N. The van der Waals surface area contributed by atoms with E-state index in [9.17, 15) is 0 Å². The number of nitrogens with two attached hydrogens (primary N) is 1. The first-order valence-corrected chi connectivity index (χ1v) is 8.86. The van der Waals surface area contributed by atoms with Crippen LogP contribution in [0.2, 0.25) is 0 Å². The monoisotopic (exact) mass is 325 g/mol. The lowest BCUT2D eigenvalue weighted by Gasteiger charge is -2.23. The third kappa shape index (κ3) is 4.16. The van der Waals surface area contributed by atoms with Crippen molar-refractivity contribution in [2.45, 2.75) is 51.1 Å². The fourth-order valence-electron chi connectivity index (χ4n) is 3.35. The van der Waals surface area contributed by atoms with Crippen LogP contribution in [0.15, 0.2) is 36.7 Å². The molecule has 1 aromatic carbocycles. The molecule has 1 aromatic heterocycles. The maximum Gasteiger partial charge on any atom is 0.157 e. The third-order valence-electron chi connectivity index (χ3n) is 4.68. The molecule has 1 aliphatic rings. The number of nitrogens with zero attached hydrogens (tertiary/aromatic N) is 3. The Morgan fingerprint density at radius 2 is 1.79 bits per heavy atom. The van der Waals surface area contributed by atoms with Gasteiger partial charge in [-0.3, -0.25) is 0 Å². The van der Waals surface area contributed by atoms with Crippen molar-refractivity contribution < 1.29 is 0 Å². The predicted octanol–water partition coefficient (Wildman–Crippen LogP) is 3.83. The molecule has 0 amide bonds. The van der Waals surface area contributed by atoms with Crippen molar-refractivity contribution in [3.63, 3.8) is 0 Å². The second kappa shape index (κ2) is 7.99. The van der Waals surface area contributed by atoms with Gasteiger partial charge in [0.2, 0.25) is 0 Å². The van der Waals surface area contributed by atoms with Crippen molar-refractivity contribution in [3.05, 3.63) is 42.2 Å². The van der Waals surface area contributed by atoms with Crippen LogP contribution in [-0.4, -0.2) is 23.1 Å². The van der Waals surface area contributed by atoms with Crippen molar-refractivity contribution in [2.24, 2.45) is 0 Å². The van der Waals surface area contributed by atoms with Gasteiger partial charge in [-0.1, -0.05) is 56.0 Å². The van der Waals surface area contributed by atoms with E-state index in [1.165, 1.54) is 44.1 Å². The number of anilines is 3. The van der Waals surface area contributed by atoms with Crippen LogP contribution in [-0.2, 0) is 6.54 Å². The topological polar surface area (TPSA) is 67.1 Å². The molecule has 0 unspecified atom stereocenters. The van der Waals surface area contributed by atoms with Gasteiger partial charge in [-0.25, -0.2) is 9.97 Å². The van der Waals surface area contributed by atoms with E-state index < -0.39 is 0 Å². The van der Waals surface area contributed by atoms with Gasteiger partial charge in [-0.15, -0.1) is 0 Å². The summed E-state index contributed by atoms with van der Waals surface area (Å²) in [5, 5.41) is 3.55. The Hall–Kier alpha value is -2.30. The van der Waals surface area contributed by atoms with E-state index in [4.69, 9.17) is 5.73 Å². The van der Waals surface area contributed by atoms with Gasteiger partial charge in [0.05, 0.1) is 0 Å². The molecule has 0 atom stereocenters. The molecule has 0 bridgehead atoms. The number of nitrogen functional groups attached to an aromatic ring is 1. The minimum absolute atomic E-state index is 0.469. The molecule has 128 valence electrons. The first-order chi connectivity index (χ1) is 11.7. The van der Waals surface area contributed by atoms with Gasteiger partial charge >= 0.3 is 0 Å². The van der Waals surface area contributed by atoms with Gasteiger partial charge in [-0.2, -0.15) is 0 Å². The van der Waals surface area contributed by atoms with Crippen molar-refractivity contribution in [1.29, 1.82) is 0 Å². The van der Waals surface area contributed by atoms with E-state index in [1.807, 2.05) is 25.2 Å². The van der Waals surface area contributed by atoms with Crippen LogP contribution in [0.1, 0.15) is 44.1 Å². The summed E-state index contributed by atoms with van der Waals surface area (Å²) in [5.41, 5.74) is 8.24. The maximum atomic E-state index is 6.36. The molecule has 3 rings (SSSR count). The summed E-state index contributed by atoms with van der Waals surface area (Å²) >= 11 is 0. The highest BCUT2D eigenvalue weighted by Crippen LogP contribution is 2.28. The van der Waals surface area contributed by atoms with E-state index in [0.717, 1.165) is 18.2 Å². The molecular weight excluding hydrogens is 298 g/mol. The Kier molecular flexibility index (Phi) is 5.51. The van der Waals surface area contributed by atoms with Gasteiger partial charge in [0.25, 0.3) is 0 Å². The Morgan fingerprint density at radius 1 is 1.08 bits per heavy atom. The highest BCUT2D eigenvalue weighted by atomic mass is 15.2. The second-order valence-corrected chi connectivity index (χ2v) is 6.63. The number of hydrogen-bond acceptors (Lipinski definition) is 5. The molecule has 0 spiro atoms. The minimum Gasteiger partial charge on any atom is -0.393 e. The molecule has 5 nitrogen and oxygen atoms in total. The lowest BCUT2D eigenvalue weighted by Crippen LogP contribution is -2.23. The summed E-state index contributed by atoms with van der Waals surface area (Å²) in [6.45, 7) is 0.769. The van der Waals surface area contributed by atoms with Crippen LogP contribution < -0.4 is 16.0 Å². The van der Waals surface area contributed by atoms with E-state index >= 15 is 0 Å². The first kappa shape index (κ1) is 16.6. The Morgan fingerprint density at radius 3 is 2.50 bits per heavy atom. The molecule has 5 heteroatoms. The first-order valence-electron chi connectivity index (χ1n) is 8.86. The van der Waals surface area contributed by atoms with E-state index in [0.29, 0.717) is 11.7 Å². The number of hydrogen-bond donors (Lipinski definition) is 2. The molecule has 24 heavy (non-hydrogen) atoms. The quantitative estimate of drug-likeness (QED) is 0.818. The predicted molar refractivity (Wildman–Crippen MR) is 100 cm³/mol. The van der Waals surface area contributed by atoms with Gasteiger partial charge in [0, 0.05) is 19.6 Å². The van der Waals surface area contributed by atoms with Crippen LogP contribution in [0.5, 0.6) is 0 Å². The van der Waals surface area contributed by atoms with E-state index in [1.54, 1.807) is 6.33 Å². The number of rotatable bonds is 5. The van der Waals surface area contributed by atoms with Crippen molar-refractivity contribution >= 4 is 17.3 Å². The van der Waals surface area contributed by atoms with Crippen LogP contribution in [0, 0.1) is 0 Å². The molecule has 0 saturated heterocycles. The number of nitrogens with one attached hydrogen (secondary N) is 1. The van der Waals surface area contributed by atoms with Crippen LogP contribution >= 0.6 is 0 Å². The third-order valence-corrected chi connectivity index (χ3v) is 4.68. The summed E-state index contributed by atoms with van der Waals surface area (Å²) in [7, 11) is 2.02. The van der Waals surface area contributed by atoms with Crippen molar-refractivity contribution in [2.75, 3.05) is 23.0 Å². The largest absolute Gasteiger partial charge is 0.393 e. The molecule has 0 radical (unpaired) electrons. The molecule has 1 saturated carbocycles. The zero-order valence-corrected chi connectivity index (χ0v) is 14.4. The van der Waals surface area contributed by atoms with Crippen LogP contribution in [0.3, 0.4) is 0 Å². The second-order valence-electron chi connectivity index (χ2n) is 6.63. The Balaban J connectivity index is 1.72. The highest BCUT2D eigenvalue weighted by molar-refractivity contribution is 5.74. The molecule has 1 fully saturated rings. The van der Waals surface area contributed by atoms with Gasteiger partial charge in [0.15, 0.2) is 11.6 Å². The van der Waals surface area contributed by atoms with Crippen LogP contribution in [0.4, 0.5) is 17.3 Å². The zero-order valence-electron chi connectivity index (χ0n) is 14.4. The zero-order chi connectivity index (χ0) is 16.8. The summed E-state index contributed by atoms with van der Waals surface area (Å²) in [6.07, 6.45) is 9.22. The Labute approximate surface area is 144 Å². The number of benzene rings is 1. The maximum absolute atomic E-state index is 6.36. The highest BCUT2D eigenvalue weighted by Gasteiger charge is 2.17. The summed E-state index contributed by atoms with van der Waals surface area (Å²) in [5.74, 6) is 1.55. The molecule has 3 N–H and O–H groups in total. The fraction of sp³-hybridized carbons (Fsp3) is 0.474. The average Bonchev–Trinajstić information content (AvgIpc) is 2.86. The average molecular weight is 325 g/mol. The number of aromatic nitrogens is 2. The van der Waals surface area contributed by atoms with Crippen LogP contribution in [0.25, 0.3) is 0 Å². The van der Waals surface area contributed by atoms with E-state index in [2.05, 4.69) is 32.3 Å². The minimum atomic E-state index is 0.469. The van der Waals surface area contributed by atoms with E-state index in [-0.39, 0.29) is 0 Å². The molecule has 1 aliphatic carbocycles. The molecule has 2 aromatic rings. The fourth-order valence-corrected chi connectivity index (χ4v) is 3.35. The molecule has 0 aliphatic heterocycles. The summed E-state index contributed by atoms with van der Waals surface area (Å²) in [6, 6.07) is 10.8. The van der Waals surface area contributed by atoms with Gasteiger partial charge in [0.1, 0.15) is 12.0 Å². The normalized spacial score (nSPS) is 15.7. The molecule has 1 heterocycles. The lowest BCUT2D eigenvalue weighted by molar-refractivity contribution is 0.617. The van der Waals surface area contributed by atoms with Crippen molar-refractivity contribution in [3.8, 4) is 0 Å². The smallest absolute Gasteiger partial charge is 0.157 e. The standard InChI is InChI=1S/C19H27N5/c1-24(13-15-9-5-4-6-10-15)19-17(20)18(21-14-22-19)23-16-11-7-2-3-8-12-16/h4-6,9-10,14,16H,2-3,7-8,11-13,20H2,1H3,(H,21,22,23).